The SMILES string of the molecule is CC1(C(=O)O)CCCN(C(=O)Cc2ccc(Cl)s2)C1. The summed E-state index contributed by atoms with van der Waals surface area (Å²) in [7, 11) is 0. The average Bonchev–Trinajstić information content (AvgIpc) is 2.74. The molecule has 0 aliphatic carbocycles. The van der Waals surface area contributed by atoms with Crippen molar-refractivity contribution < 1.29 is 14.7 Å². The van der Waals surface area contributed by atoms with Crippen LogP contribution in [0.4, 0.5) is 0 Å². The van der Waals surface area contributed by atoms with Crippen LogP contribution in [0, 0.1) is 5.41 Å². The molecule has 4 nitrogen and oxygen atoms in total. The number of rotatable bonds is 3. The third-order valence-electron chi connectivity index (χ3n) is 3.52. The fraction of sp³-hybridized carbons (Fsp3) is 0.538. The molecule has 6 heteroatoms. The zero-order valence-corrected chi connectivity index (χ0v) is 12.3. The number of carbonyl (C=O) groups excluding carboxylic acids is 1. The topological polar surface area (TPSA) is 57.6 Å². The third-order valence-corrected chi connectivity index (χ3v) is 4.75. The minimum absolute atomic E-state index is 0.0225. The first-order chi connectivity index (χ1) is 8.90. The second kappa shape index (κ2) is 5.51. The van der Waals surface area contributed by atoms with Gasteiger partial charge in [0.2, 0.25) is 5.91 Å². The Kier molecular flexibility index (Phi) is 4.16. The fourth-order valence-corrected chi connectivity index (χ4v) is 3.41. The second-order valence-electron chi connectivity index (χ2n) is 5.17. The Hall–Kier alpha value is -1.07. The molecule has 1 aromatic heterocycles. The standard InChI is InChI=1S/C13H16ClNO3S/c1-13(12(17)18)5-2-6-15(8-13)11(16)7-9-3-4-10(14)19-9/h3-4H,2,5-8H2,1H3,(H,17,18). The minimum atomic E-state index is -0.829. The molecule has 0 aromatic carbocycles. The number of nitrogens with zero attached hydrogens (tertiary/aromatic N) is 1. The predicted octanol–water partition coefficient (Wildman–Crippen LogP) is 2.66. The van der Waals surface area contributed by atoms with Crippen LogP contribution >= 0.6 is 22.9 Å². The number of carboxylic acid groups (broad SMARTS) is 1. The highest BCUT2D eigenvalue weighted by Crippen LogP contribution is 2.30. The molecule has 2 heterocycles. The number of aliphatic carboxylic acids is 1. The van der Waals surface area contributed by atoms with Crippen LogP contribution in [0.3, 0.4) is 0 Å². The molecule has 1 aliphatic heterocycles. The van der Waals surface area contributed by atoms with Crippen LogP contribution in [-0.4, -0.2) is 35.0 Å². The van der Waals surface area contributed by atoms with Gasteiger partial charge in [-0.15, -0.1) is 11.3 Å². The van der Waals surface area contributed by atoms with E-state index >= 15 is 0 Å². The summed E-state index contributed by atoms with van der Waals surface area (Å²) < 4.78 is 0.664. The van der Waals surface area contributed by atoms with E-state index in [4.69, 9.17) is 11.6 Å². The van der Waals surface area contributed by atoms with Gasteiger partial charge in [-0.3, -0.25) is 9.59 Å². The molecular formula is C13H16ClNO3S. The van der Waals surface area contributed by atoms with Crippen molar-refractivity contribution in [3.63, 3.8) is 0 Å². The van der Waals surface area contributed by atoms with Gasteiger partial charge in [0, 0.05) is 18.0 Å². The van der Waals surface area contributed by atoms with Crippen LogP contribution in [0.5, 0.6) is 0 Å². The first-order valence-electron chi connectivity index (χ1n) is 6.16. The zero-order valence-electron chi connectivity index (χ0n) is 10.7. The van der Waals surface area contributed by atoms with Crippen LogP contribution in [0.2, 0.25) is 4.34 Å². The highest BCUT2D eigenvalue weighted by atomic mass is 35.5. The van der Waals surface area contributed by atoms with Gasteiger partial charge in [-0.2, -0.15) is 0 Å². The maximum Gasteiger partial charge on any atom is 0.311 e. The van der Waals surface area contributed by atoms with E-state index in [1.165, 1.54) is 11.3 Å². The Morgan fingerprint density at radius 1 is 1.53 bits per heavy atom. The Labute approximate surface area is 121 Å². The molecule has 1 aliphatic rings. The number of hydrogen-bond donors (Lipinski definition) is 1. The molecule has 1 fully saturated rings. The predicted molar refractivity (Wildman–Crippen MR) is 74.6 cm³/mol. The van der Waals surface area contributed by atoms with Crippen molar-refractivity contribution in [2.24, 2.45) is 5.41 Å². The summed E-state index contributed by atoms with van der Waals surface area (Å²) in [6, 6.07) is 3.61. The molecule has 1 atom stereocenters. The molecule has 0 saturated carbocycles. The molecule has 1 unspecified atom stereocenters. The maximum atomic E-state index is 12.2. The summed E-state index contributed by atoms with van der Waals surface area (Å²) in [5.74, 6) is -0.852. The number of piperidine rings is 1. The summed E-state index contributed by atoms with van der Waals surface area (Å²) in [5.41, 5.74) is -0.818. The summed E-state index contributed by atoms with van der Waals surface area (Å²) in [4.78, 5) is 26.0. The number of likely N-dealkylation sites (tertiary alicyclic amines) is 1. The van der Waals surface area contributed by atoms with Crippen molar-refractivity contribution >= 4 is 34.8 Å². The van der Waals surface area contributed by atoms with Crippen molar-refractivity contribution in [3.8, 4) is 0 Å². The zero-order chi connectivity index (χ0) is 14.0. The minimum Gasteiger partial charge on any atom is -0.481 e. The van der Waals surface area contributed by atoms with Crippen LogP contribution in [0.1, 0.15) is 24.6 Å². The van der Waals surface area contributed by atoms with E-state index in [1.807, 2.05) is 6.07 Å². The van der Waals surface area contributed by atoms with E-state index in [1.54, 1.807) is 17.9 Å². The van der Waals surface area contributed by atoms with Gasteiger partial charge in [0.25, 0.3) is 0 Å². The highest BCUT2D eigenvalue weighted by molar-refractivity contribution is 7.16. The monoisotopic (exact) mass is 301 g/mol. The first-order valence-corrected chi connectivity index (χ1v) is 7.35. The number of thiophene rings is 1. The van der Waals surface area contributed by atoms with Gasteiger partial charge in [0.1, 0.15) is 0 Å². The van der Waals surface area contributed by atoms with Gasteiger partial charge in [-0.25, -0.2) is 0 Å². The fourth-order valence-electron chi connectivity index (χ4n) is 2.33. The maximum absolute atomic E-state index is 12.2. The van der Waals surface area contributed by atoms with E-state index < -0.39 is 11.4 Å². The largest absolute Gasteiger partial charge is 0.481 e. The lowest BCUT2D eigenvalue weighted by Gasteiger charge is -2.37. The van der Waals surface area contributed by atoms with Crippen LogP contribution in [0.25, 0.3) is 0 Å². The van der Waals surface area contributed by atoms with Crippen molar-refractivity contribution in [1.29, 1.82) is 0 Å². The van der Waals surface area contributed by atoms with E-state index in [9.17, 15) is 14.7 Å². The van der Waals surface area contributed by atoms with E-state index in [2.05, 4.69) is 0 Å². The number of carbonyl (C=O) groups is 2. The Morgan fingerprint density at radius 2 is 2.26 bits per heavy atom. The van der Waals surface area contributed by atoms with Gasteiger partial charge in [0.15, 0.2) is 0 Å². The lowest BCUT2D eigenvalue weighted by atomic mass is 9.82. The van der Waals surface area contributed by atoms with E-state index in [-0.39, 0.29) is 5.91 Å². The summed E-state index contributed by atoms with van der Waals surface area (Å²) in [6.45, 7) is 2.64. The molecule has 1 amide bonds. The molecule has 2 rings (SSSR count). The molecule has 1 saturated heterocycles. The molecule has 1 aromatic rings. The van der Waals surface area contributed by atoms with Gasteiger partial charge < -0.3 is 10.0 Å². The second-order valence-corrected chi connectivity index (χ2v) is 6.97. The van der Waals surface area contributed by atoms with Gasteiger partial charge >= 0.3 is 5.97 Å². The Bertz CT molecular complexity index is 502. The number of halogens is 1. The summed E-state index contributed by atoms with van der Waals surface area (Å²) in [5, 5.41) is 9.24. The molecule has 19 heavy (non-hydrogen) atoms. The van der Waals surface area contributed by atoms with Crippen molar-refractivity contribution in [3.05, 3.63) is 21.3 Å². The highest BCUT2D eigenvalue weighted by Gasteiger charge is 2.39. The molecule has 1 N–H and O–H groups in total. The van der Waals surface area contributed by atoms with E-state index in [0.29, 0.717) is 30.3 Å². The first kappa shape index (κ1) is 14.3. The Morgan fingerprint density at radius 3 is 2.84 bits per heavy atom. The normalized spacial score (nSPS) is 23.4. The molecule has 104 valence electrons. The van der Waals surface area contributed by atoms with Crippen LogP contribution in [-0.2, 0) is 16.0 Å². The molecule has 0 bridgehead atoms. The number of hydrogen-bond acceptors (Lipinski definition) is 3. The average molecular weight is 302 g/mol. The lowest BCUT2D eigenvalue weighted by Crippen LogP contribution is -2.48. The van der Waals surface area contributed by atoms with Gasteiger partial charge in [-0.05, 0) is 31.9 Å². The number of carboxylic acids is 1. The lowest BCUT2D eigenvalue weighted by molar-refractivity contribution is -0.153. The van der Waals surface area contributed by atoms with Gasteiger partial charge in [-0.1, -0.05) is 11.6 Å². The Balaban J connectivity index is 2.01. The van der Waals surface area contributed by atoms with E-state index in [0.717, 1.165) is 11.3 Å². The smallest absolute Gasteiger partial charge is 0.311 e. The molecule has 0 spiro atoms. The van der Waals surface area contributed by atoms with Crippen LogP contribution < -0.4 is 0 Å². The third kappa shape index (κ3) is 3.28. The molecule has 0 radical (unpaired) electrons. The van der Waals surface area contributed by atoms with Crippen LogP contribution in [0.15, 0.2) is 12.1 Å². The summed E-state index contributed by atoms with van der Waals surface area (Å²) >= 11 is 7.22. The quantitative estimate of drug-likeness (QED) is 0.934. The van der Waals surface area contributed by atoms with Crippen molar-refractivity contribution in [1.82, 2.24) is 4.90 Å². The van der Waals surface area contributed by atoms with Crippen molar-refractivity contribution in [2.75, 3.05) is 13.1 Å². The summed E-state index contributed by atoms with van der Waals surface area (Å²) in [6.07, 6.45) is 1.66. The van der Waals surface area contributed by atoms with Crippen molar-refractivity contribution in [2.45, 2.75) is 26.2 Å². The molecular weight excluding hydrogens is 286 g/mol. The number of amides is 1. The van der Waals surface area contributed by atoms with Gasteiger partial charge in [0.05, 0.1) is 16.2 Å².